The maximum absolute atomic E-state index is 8.58. The van der Waals surface area contributed by atoms with Crippen LogP contribution < -0.4 is 5.73 Å². The molecule has 0 aliphatic heterocycles. The Morgan fingerprint density at radius 2 is 1.89 bits per heavy atom. The molecule has 52 valence electrons. The summed E-state index contributed by atoms with van der Waals surface area (Å²) in [5.41, 5.74) is 5.46. The molecule has 0 heterocycles. The van der Waals surface area contributed by atoms with E-state index in [4.69, 9.17) is 4.79 Å². The monoisotopic (exact) mass is 127 g/mol. The summed E-state index contributed by atoms with van der Waals surface area (Å²) < 4.78 is 0. The molecule has 0 spiro atoms. The van der Waals surface area contributed by atoms with E-state index in [1.54, 1.807) is 6.08 Å². The van der Waals surface area contributed by atoms with Crippen LogP contribution in [0.1, 0.15) is 13.8 Å². The van der Waals surface area contributed by atoms with Gasteiger partial charge >= 0.3 is 0 Å². The normalized spacial score (nSPS) is 6.00. The number of allylic oxidation sites excluding steroid dienone is 3. The van der Waals surface area contributed by atoms with Gasteiger partial charge in [-0.15, -0.1) is 0 Å². The molecule has 0 unspecified atom stereocenters. The van der Waals surface area contributed by atoms with Crippen molar-refractivity contribution >= 4 is 6.41 Å². The van der Waals surface area contributed by atoms with Crippen LogP contribution in [0.15, 0.2) is 24.3 Å². The molecule has 0 aromatic rings. The third-order valence-electron chi connectivity index (χ3n) is 0.451. The van der Waals surface area contributed by atoms with Gasteiger partial charge in [0.15, 0.2) is 0 Å². The quantitative estimate of drug-likeness (QED) is 0.418. The standard InChI is InChI=1S/C6H10.CH3NO/c1-4-5-6(2)3;2-1-3/h4-5H,1H2,2-3H3;1H,(H2,2,3). The van der Waals surface area contributed by atoms with E-state index in [1.807, 2.05) is 19.9 Å². The fourth-order valence-electron chi connectivity index (χ4n) is 0.236. The van der Waals surface area contributed by atoms with Gasteiger partial charge < -0.3 is 5.73 Å². The van der Waals surface area contributed by atoms with Crippen LogP contribution in [0, 0.1) is 0 Å². The Morgan fingerprint density at radius 3 is 1.89 bits per heavy atom. The van der Waals surface area contributed by atoms with Crippen LogP contribution in [-0.4, -0.2) is 6.41 Å². The fourth-order valence-corrected chi connectivity index (χ4v) is 0.236. The number of rotatable bonds is 1. The number of primary amides is 1. The summed E-state index contributed by atoms with van der Waals surface area (Å²) >= 11 is 0. The first-order valence-electron chi connectivity index (χ1n) is 2.60. The van der Waals surface area contributed by atoms with E-state index in [2.05, 4.69) is 12.3 Å². The largest absolute Gasteiger partial charge is 0.372 e. The molecule has 0 rings (SSSR count). The Morgan fingerprint density at radius 1 is 1.56 bits per heavy atom. The van der Waals surface area contributed by atoms with Gasteiger partial charge in [-0.3, -0.25) is 4.79 Å². The van der Waals surface area contributed by atoms with Crippen molar-refractivity contribution in [3.63, 3.8) is 0 Å². The Hall–Kier alpha value is -1.05. The first-order chi connectivity index (χ1) is 4.18. The number of hydrogen-bond acceptors (Lipinski definition) is 1. The second-order valence-electron chi connectivity index (χ2n) is 1.62. The lowest BCUT2D eigenvalue weighted by Crippen LogP contribution is -1.82. The zero-order chi connectivity index (χ0) is 7.70. The van der Waals surface area contributed by atoms with Crippen LogP contribution in [0.4, 0.5) is 0 Å². The highest BCUT2D eigenvalue weighted by Crippen LogP contribution is 1.85. The molecule has 0 atom stereocenters. The van der Waals surface area contributed by atoms with Crippen LogP contribution in [-0.2, 0) is 4.79 Å². The molecule has 0 aliphatic carbocycles. The minimum Gasteiger partial charge on any atom is -0.372 e. The van der Waals surface area contributed by atoms with Gasteiger partial charge in [0.2, 0.25) is 6.41 Å². The number of hydrogen-bond donors (Lipinski definition) is 1. The van der Waals surface area contributed by atoms with Crippen LogP contribution in [0.25, 0.3) is 0 Å². The number of carbonyl (C=O) groups excluding carboxylic acids is 1. The van der Waals surface area contributed by atoms with Crippen molar-refractivity contribution in [3.05, 3.63) is 24.3 Å². The molecule has 0 radical (unpaired) electrons. The molecule has 0 saturated heterocycles. The summed E-state index contributed by atoms with van der Waals surface area (Å²) in [7, 11) is 0. The van der Waals surface area contributed by atoms with Crippen molar-refractivity contribution in [2.24, 2.45) is 5.73 Å². The lowest BCUT2D eigenvalue weighted by Gasteiger charge is -1.76. The van der Waals surface area contributed by atoms with Crippen LogP contribution in [0.2, 0.25) is 0 Å². The molecular weight excluding hydrogens is 114 g/mol. The van der Waals surface area contributed by atoms with Gasteiger partial charge in [-0.05, 0) is 13.8 Å². The molecule has 2 N–H and O–H groups in total. The summed E-state index contributed by atoms with van der Waals surface area (Å²) in [6.07, 6.45) is 4.01. The molecule has 0 fully saturated rings. The summed E-state index contributed by atoms with van der Waals surface area (Å²) in [5, 5.41) is 0. The van der Waals surface area contributed by atoms with Crippen LogP contribution in [0.5, 0.6) is 0 Å². The maximum atomic E-state index is 8.58. The Labute approximate surface area is 56.1 Å². The zero-order valence-corrected chi connectivity index (χ0v) is 5.92. The second kappa shape index (κ2) is 10.0. The highest BCUT2D eigenvalue weighted by atomic mass is 16.1. The molecule has 0 aromatic carbocycles. The van der Waals surface area contributed by atoms with Gasteiger partial charge in [0, 0.05) is 0 Å². The van der Waals surface area contributed by atoms with Gasteiger partial charge in [0.25, 0.3) is 0 Å². The number of amides is 1. The fraction of sp³-hybridized carbons (Fsp3) is 0.286. The highest BCUT2D eigenvalue weighted by molar-refractivity contribution is 5.42. The zero-order valence-electron chi connectivity index (χ0n) is 5.92. The molecule has 1 amide bonds. The Bertz CT molecular complexity index is 101. The molecule has 0 aliphatic rings. The van der Waals surface area contributed by atoms with E-state index in [0.29, 0.717) is 0 Å². The first-order valence-corrected chi connectivity index (χ1v) is 2.60. The van der Waals surface area contributed by atoms with E-state index in [0.717, 1.165) is 0 Å². The molecule has 0 aromatic heterocycles. The molecule has 2 nitrogen and oxygen atoms in total. The van der Waals surface area contributed by atoms with Gasteiger partial charge in [-0.25, -0.2) is 0 Å². The van der Waals surface area contributed by atoms with E-state index < -0.39 is 0 Å². The number of nitrogens with two attached hydrogens (primary N) is 1. The minimum absolute atomic E-state index is 0.250. The first kappa shape index (κ1) is 10.8. The van der Waals surface area contributed by atoms with Gasteiger partial charge in [-0.1, -0.05) is 24.3 Å². The molecule has 2 heteroatoms. The molecule has 0 bridgehead atoms. The minimum atomic E-state index is 0.250. The number of carbonyl (C=O) groups is 1. The van der Waals surface area contributed by atoms with Crippen molar-refractivity contribution in [3.8, 4) is 0 Å². The summed E-state index contributed by atoms with van der Waals surface area (Å²) in [6.45, 7) is 7.61. The molecule has 9 heavy (non-hydrogen) atoms. The summed E-state index contributed by atoms with van der Waals surface area (Å²) in [5.74, 6) is 0. The third-order valence-corrected chi connectivity index (χ3v) is 0.451. The predicted octanol–water partition coefficient (Wildman–Crippen LogP) is 1.24. The Kier molecular flexibility index (Phi) is 12.1. The van der Waals surface area contributed by atoms with Crippen molar-refractivity contribution in [1.82, 2.24) is 0 Å². The summed E-state index contributed by atoms with van der Waals surface area (Å²) in [4.78, 5) is 8.58. The van der Waals surface area contributed by atoms with Gasteiger partial charge in [0.05, 0.1) is 0 Å². The van der Waals surface area contributed by atoms with E-state index >= 15 is 0 Å². The third kappa shape index (κ3) is 44.8. The van der Waals surface area contributed by atoms with Gasteiger partial charge in [0.1, 0.15) is 0 Å². The van der Waals surface area contributed by atoms with Crippen LogP contribution >= 0.6 is 0 Å². The van der Waals surface area contributed by atoms with E-state index in [-0.39, 0.29) is 6.41 Å². The molecular formula is C7H13NO. The highest BCUT2D eigenvalue weighted by Gasteiger charge is 1.63. The van der Waals surface area contributed by atoms with Gasteiger partial charge in [-0.2, -0.15) is 0 Å². The predicted molar refractivity (Wildman–Crippen MR) is 39.9 cm³/mol. The Balaban J connectivity index is 0. The second-order valence-corrected chi connectivity index (χ2v) is 1.62. The van der Waals surface area contributed by atoms with Crippen molar-refractivity contribution in [2.45, 2.75) is 13.8 Å². The maximum Gasteiger partial charge on any atom is 0.204 e. The van der Waals surface area contributed by atoms with Crippen molar-refractivity contribution < 1.29 is 4.79 Å². The van der Waals surface area contributed by atoms with E-state index in [1.165, 1.54) is 5.57 Å². The topological polar surface area (TPSA) is 43.1 Å². The molecule has 0 saturated carbocycles. The lowest BCUT2D eigenvalue weighted by molar-refractivity contribution is -0.106. The average Bonchev–Trinajstić information content (AvgIpc) is 1.67. The SMILES string of the molecule is C=CC=C(C)C.NC=O. The van der Waals surface area contributed by atoms with Crippen LogP contribution in [0.3, 0.4) is 0 Å². The summed E-state index contributed by atoms with van der Waals surface area (Å²) in [6, 6.07) is 0. The van der Waals surface area contributed by atoms with Crippen molar-refractivity contribution in [2.75, 3.05) is 0 Å². The smallest absolute Gasteiger partial charge is 0.204 e. The van der Waals surface area contributed by atoms with E-state index in [9.17, 15) is 0 Å². The average molecular weight is 127 g/mol. The lowest BCUT2D eigenvalue weighted by atomic mass is 10.3. The van der Waals surface area contributed by atoms with Crippen molar-refractivity contribution in [1.29, 1.82) is 0 Å².